The predicted molar refractivity (Wildman–Crippen MR) is 120 cm³/mol. The summed E-state index contributed by atoms with van der Waals surface area (Å²) in [4.78, 5) is 41.2. The summed E-state index contributed by atoms with van der Waals surface area (Å²) in [6, 6.07) is 13.6. The lowest BCUT2D eigenvalue weighted by atomic mass is 9.92. The van der Waals surface area contributed by atoms with Gasteiger partial charge in [0.25, 0.3) is 5.91 Å². The number of carbonyl (C=O) groups is 3. The Labute approximate surface area is 191 Å². The van der Waals surface area contributed by atoms with Crippen molar-refractivity contribution in [1.82, 2.24) is 15.1 Å². The lowest BCUT2D eigenvalue weighted by Gasteiger charge is -2.26. The standard InChI is InChI=1S/C23H25ClN4O4/c1-23(17-4-6-18(24)7-5-17)21(30)28(22(31)26-23)15-20(29)25-19-8-2-16(3-9-19)14-27-10-12-32-13-11-27/h2-9H,10-15H2,1H3,(H,25,29)(H,26,31). The number of ether oxygens (including phenoxy) is 1. The highest BCUT2D eigenvalue weighted by Crippen LogP contribution is 2.29. The van der Waals surface area contributed by atoms with E-state index in [0.717, 1.165) is 43.3 Å². The van der Waals surface area contributed by atoms with E-state index in [1.54, 1.807) is 31.2 Å². The highest BCUT2D eigenvalue weighted by Gasteiger charge is 2.49. The van der Waals surface area contributed by atoms with Crippen molar-refractivity contribution in [3.8, 4) is 0 Å². The number of nitrogens with one attached hydrogen (secondary N) is 2. The molecule has 0 aromatic heterocycles. The average molecular weight is 457 g/mol. The second-order valence-corrected chi connectivity index (χ2v) is 8.52. The molecule has 0 radical (unpaired) electrons. The lowest BCUT2D eigenvalue weighted by Crippen LogP contribution is -2.42. The maximum atomic E-state index is 13.0. The van der Waals surface area contributed by atoms with Crippen LogP contribution in [0.5, 0.6) is 0 Å². The van der Waals surface area contributed by atoms with Crippen molar-refractivity contribution in [1.29, 1.82) is 0 Å². The number of imide groups is 1. The Morgan fingerprint density at radius 3 is 2.41 bits per heavy atom. The number of benzene rings is 2. The minimum atomic E-state index is -1.25. The van der Waals surface area contributed by atoms with Crippen molar-refractivity contribution in [3.63, 3.8) is 0 Å². The SMILES string of the molecule is CC1(c2ccc(Cl)cc2)NC(=O)N(CC(=O)Nc2ccc(CN3CCOCC3)cc2)C1=O. The van der Waals surface area contributed by atoms with Gasteiger partial charge in [-0.05, 0) is 42.3 Å². The molecule has 8 nitrogen and oxygen atoms in total. The topological polar surface area (TPSA) is 91.0 Å². The molecular formula is C23H25ClN4O4. The smallest absolute Gasteiger partial charge is 0.325 e. The molecular weight excluding hydrogens is 432 g/mol. The first kappa shape index (κ1) is 22.3. The Morgan fingerprint density at radius 1 is 1.09 bits per heavy atom. The summed E-state index contributed by atoms with van der Waals surface area (Å²) in [5.74, 6) is -0.935. The third kappa shape index (κ3) is 4.77. The van der Waals surface area contributed by atoms with Gasteiger partial charge in [-0.25, -0.2) is 4.79 Å². The molecule has 1 atom stereocenters. The highest BCUT2D eigenvalue weighted by molar-refractivity contribution is 6.30. The Morgan fingerprint density at radius 2 is 1.75 bits per heavy atom. The summed E-state index contributed by atoms with van der Waals surface area (Å²) in [5.41, 5.74) is 1.09. The van der Waals surface area contributed by atoms with Crippen LogP contribution in [0.15, 0.2) is 48.5 Å². The normalized spacial score (nSPS) is 21.5. The lowest BCUT2D eigenvalue weighted by molar-refractivity contribution is -0.133. The number of hydrogen-bond donors (Lipinski definition) is 2. The molecule has 2 aromatic carbocycles. The number of halogens is 1. The van der Waals surface area contributed by atoms with Gasteiger partial charge in [-0.15, -0.1) is 0 Å². The van der Waals surface area contributed by atoms with Crippen molar-refractivity contribution in [2.24, 2.45) is 0 Å². The number of anilines is 1. The zero-order valence-corrected chi connectivity index (χ0v) is 18.5. The number of amides is 4. The van der Waals surface area contributed by atoms with E-state index < -0.39 is 23.4 Å². The van der Waals surface area contributed by atoms with Gasteiger partial charge in [0, 0.05) is 30.3 Å². The van der Waals surface area contributed by atoms with Gasteiger partial charge in [0.05, 0.1) is 13.2 Å². The van der Waals surface area contributed by atoms with Crippen molar-refractivity contribution in [3.05, 3.63) is 64.7 Å². The molecule has 168 valence electrons. The molecule has 0 bridgehead atoms. The van der Waals surface area contributed by atoms with Crippen molar-refractivity contribution in [2.75, 3.05) is 38.2 Å². The van der Waals surface area contributed by atoms with Crippen LogP contribution in [0.1, 0.15) is 18.1 Å². The fraction of sp³-hybridized carbons (Fsp3) is 0.348. The van der Waals surface area contributed by atoms with Crippen molar-refractivity contribution in [2.45, 2.75) is 19.0 Å². The van der Waals surface area contributed by atoms with Crippen LogP contribution in [-0.2, 0) is 26.4 Å². The molecule has 9 heteroatoms. The van der Waals surface area contributed by atoms with Crippen LogP contribution in [-0.4, -0.2) is 60.5 Å². The van der Waals surface area contributed by atoms with E-state index in [1.165, 1.54) is 0 Å². The number of morpholine rings is 1. The molecule has 2 N–H and O–H groups in total. The minimum absolute atomic E-state index is 0.372. The van der Waals surface area contributed by atoms with Gasteiger partial charge in [-0.2, -0.15) is 0 Å². The maximum Gasteiger partial charge on any atom is 0.325 e. The average Bonchev–Trinajstić information content (AvgIpc) is 3.00. The molecule has 32 heavy (non-hydrogen) atoms. The van der Waals surface area contributed by atoms with Gasteiger partial charge in [0.2, 0.25) is 5.91 Å². The Hall–Kier alpha value is -2.94. The van der Waals surface area contributed by atoms with Gasteiger partial charge >= 0.3 is 6.03 Å². The minimum Gasteiger partial charge on any atom is -0.379 e. The van der Waals surface area contributed by atoms with E-state index in [-0.39, 0.29) is 6.54 Å². The molecule has 0 spiro atoms. The zero-order valence-electron chi connectivity index (χ0n) is 17.8. The molecule has 2 heterocycles. The van der Waals surface area contributed by atoms with Gasteiger partial charge in [-0.3, -0.25) is 19.4 Å². The van der Waals surface area contributed by atoms with E-state index in [2.05, 4.69) is 15.5 Å². The van der Waals surface area contributed by atoms with Crippen LogP contribution in [0.4, 0.5) is 10.5 Å². The molecule has 2 aliphatic heterocycles. The molecule has 4 rings (SSSR count). The molecule has 0 saturated carbocycles. The molecule has 2 saturated heterocycles. The Kier molecular flexibility index (Phi) is 6.45. The number of urea groups is 1. The molecule has 0 aliphatic carbocycles. The van der Waals surface area contributed by atoms with Crippen LogP contribution >= 0.6 is 11.6 Å². The first-order valence-corrected chi connectivity index (χ1v) is 10.8. The monoisotopic (exact) mass is 456 g/mol. The van der Waals surface area contributed by atoms with Crippen LogP contribution in [0.2, 0.25) is 5.02 Å². The van der Waals surface area contributed by atoms with Crippen molar-refractivity contribution >= 4 is 35.1 Å². The molecule has 2 aromatic rings. The van der Waals surface area contributed by atoms with E-state index in [0.29, 0.717) is 16.3 Å². The first-order valence-electron chi connectivity index (χ1n) is 10.4. The van der Waals surface area contributed by atoms with Crippen LogP contribution in [0.3, 0.4) is 0 Å². The van der Waals surface area contributed by atoms with E-state index in [4.69, 9.17) is 16.3 Å². The fourth-order valence-corrected chi connectivity index (χ4v) is 4.00. The summed E-state index contributed by atoms with van der Waals surface area (Å²) in [7, 11) is 0. The first-order chi connectivity index (χ1) is 15.3. The van der Waals surface area contributed by atoms with Gasteiger partial charge in [0.15, 0.2) is 0 Å². The van der Waals surface area contributed by atoms with E-state index in [1.807, 2.05) is 24.3 Å². The van der Waals surface area contributed by atoms with E-state index >= 15 is 0 Å². The number of hydrogen-bond acceptors (Lipinski definition) is 5. The summed E-state index contributed by atoms with van der Waals surface area (Å²) >= 11 is 5.92. The Balaban J connectivity index is 1.35. The summed E-state index contributed by atoms with van der Waals surface area (Å²) in [5, 5.41) is 5.96. The Bertz CT molecular complexity index is 1010. The maximum absolute atomic E-state index is 13.0. The van der Waals surface area contributed by atoms with Gasteiger partial charge in [0.1, 0.15) is 12.1 Å². The highest BCUT2D eigenvalue weighted by atomic mass is 35.5. The molecule has 2 fully saturated rings. The molecule has 2 aliphatic rings. The largest absolute Gasteiger partial charge is 0.379 e. The summed E-state index contributed by atoms with van der Waals surface area (Å²) in [6.07, 6.45) is 0. The van der Waals surface area contributed by atoms with Crippen LogP contribution in [0.25, 0.3) is 0 Å². The van der Waals surface area contributed by atoms with Gasteiger partial charge in [-0.1, -0.05) is 35.9 Å². The quantitative estimate of drug-likeness (QED) is 0.652. The van der Waals surface area contributed by atoms with E-state index in [9.17, 15) is 14.4 Å². The third-order valence-corrected chi connectivity index (χ3v) is 6.00. The van der Waals surface area contributed by atoms with Crippen LogP contribution in [0, 0.1) is 0 Å². The second kappa shape index (κ2) is 9.28. The molecule has 1 unspecified atom stereocenters. The van der Waals surface area contributed by atoms with Gasteiger partial charge < -0.3 is 15.4 Å². The number of nitrogens with zero attached hydrogens (tertiary/aromatic N) is 2. The number of carbonyl (C=O) groups excluding carboxylic acids is 3. The van der Waals surface area contributed by atoms with Crippen LogP contribution < -0.4 is 10.6 Å². The second-order valence-electron chi connectivity index (χ2n) is 8.09. The van der Waals surface area contributed by atoms with Crippen molar-refractivity contribution < 1.29 is 19.1 Å². The number of rotatable bonds is 6. The zero-order chi connectivity index (χ0) is 22.7. The summed E-state index contributed by atoms with van der Waals surface area (Å²) in [6.45, 7) is 5.36. The predicted octanol–water partition coefficient (Wildman–Crippen LogP) is 2.58. The fourth-order valence-electron chi connectivity index (χ4n) is 3.87. The third-order valence-electron chi connectivity index (χ3n) is 5.75. The summed E-state index contributed by atoms with van der Waals surface area (Å²) < 4.78 is 5.36. The molecule has 4 amide bonds.